The maximum atomic E-state index is 3.47. The van der Waals surface area contributed by atoms with Crippen molar-refractivity contribution in [3.63, 3.8) is 0 Å². The van der Waals surface area contributed by atoms with Crippen molar-refractivity contribution < 1.29 is 0 Å². The van der Waals surface area contributed by atoms with Crippen LogP contribution in [0, 0.1) is 45.9 Å². The van der Waals surface area contributed by atoms with Crippen LogP contribution in [0.2, 0.25) is 78.6 Å². The van der Waals surface area contributed by atoms with Gasteiger partial charge in [-0.05, 0) is 23.3 Å². The molecule has 0 unspecified atom stereocenters. The van der Waals surface area contributed by atoms with Crippen LogP contribution < -0.4 is 0 Å². The molecule has 4 heteroatoms. The third-order valence-electron chi connectivity index (χ3n) is 3.85. The zero-order chi connectivity index (χ0) is 26.2. The fraction of sp³-hybridized carbons (Fsp3) is 0.400. The van der Waals surface area contributed by atoms with Gasteiger partial charge in [0.25, 0.3) is 0 Å². The van der Waals surface area contributed by atoms with Crippen molar-refractivity contribution in [2.24, 2.45) is 0 Å². The Balaban J connectivity index is 3.41. The topological polar surface area (TPSA) is 0 Å². The molecule has 0 bridgehead atoms. The van der Waals surface area contributed by atoms with Crippen molar-refractivity contribution >= 4 is 44.4 Å². The first-order valence-electron chi connectivity index (χ1n) is 12.0. The molecule has 34 heavy (non-hydrogen) atoms. The fourth-order valence-corrected chi connectivity index (χ4v) is 4.29. The molecule has 0 N–H and O–H groups in total. The molecule has 0 aliphatic rings. The van der Waals surface area contributed by atoms with E-state index in [0.29, 0.717) is 0 Å². The predicted molar refractivity (Wildman–Crippen MR) is 167 cm³/mol. The molecule has 0 aromatic heterocycles. The highest BCUT2D eigenvalue weighted by atomic mass is 28.3. The van der Waals surface area contributed by atoms with Crippen molar-refractivity contribution in [1.29, 1.82) is 0 Å². The van der Waals surface area contributed by atoms with Crippen LogP contribution in [0.1, 0.15) is 11.1 Å². The van der Waals surface area contributed by atoms with Crippen LogP contribution in [0.5, 0.6) is 0 Å². The van der Waals surface area contributed by atoms with E-state index in [1.807, 2.05) is 0 Å². The van der Waals surface area contributed by atoms with Crippen LogP contribution in [-0.2, 0) is 0 Å². The lowest BCUT2D eigenvalue weighted by Gasteiger charge is -2.05. The summed E-state index contributed by atoms with van der Waals surface area (Å²) < 4.78 is 0. The molecule has 0 saturated carbocycles. The van der Waals surface area contributed by atoms with E-state index in [2.05, 4.69) is 161 Å². The van der Waals surface area contributed by atoms with Gasteiger partial charge in [-0.3, -0.25) is 0 Å². The minimum atomic E-state index is -1.47. The summed E-state index contributed by atoms with van der Waals surface area (Å²) in [4.78, 5) is 0. The van der Waals surface area contributed by atoms with Crippen LogP contribution in [-0.4, -0.2) is 32.3 Å². The van der Waals surface area contributed by atoms with Crippen LogP contribution in [0.4, 0.5) is 0 Å². The van der Waals surface area contributed by atoms with E-state index in [0.717, 1.165) is 22.3 Å². The average Bonchev–Trinajstić information content (AvgIpc) is 2.64. The minimum absolute atomic E-state index is 0.913. The second kappa shape index (κ2) is 12.0. The van der Waals surface area contributed by atoms with Crippen molar-refractivity contribution in [1.82, 2.24) is 0 Å². The van der Waals surface area contributed by atoms with Gasteiger partial charge in [0, 0.05) is 0 Å². The molecule has 0 heterocycles. The van der Waals surface area contributed by atoms with Gasteiger partial charge in [-0.25, -0.2) is 0 Å². The highest BCUT2D eigenvalue weighted by molar-refractivity contribution is 6.85. The summed E-state index contributed by atoms with van der Waals surface area (Å²) in [6, 6.07) is 8.53. The third-order valence-corrected chi connectivity index (χ3v) is 7.35. The molecule has 0 amide bonds. The molecular formula is C30H42Si4. The highest BCUT2D eigenvalue weighted by Crippen LogP contribution is 2.13. The Morgan fingerprint density at radius 2 is 0.647 bits per heavy atom. The van der Waals surface area contributed by atoms with Gasteiger partial charge in [-0.15, -0.1) is 22.2 Å². The molecule has 0 nitrogen and oxygen atoms in total. The Labute approximate surface area is 214 Å². The van der Waals surface area contributed by atoms with Gasteiger partial charge in [0.2, 0.25) is 0 Å². The number of rotatable bonds is 2. The highest BCUT2D eigenvalue weighted by Gasteiger charge is 2.10. The van der Waals surface area contributed by atoms with E-state index in [-0.39, 0.29) is 0 Å². The fourth-order valence-electron chi connectivity index (χ4n) is 2.25. The molecule has 0 aliphatic heterocycles. The zero-order valence-electron chi connectivity index (χ0n) is 23.5. The molecule has 178 valence electrons. The van der Waals surface area contributed by atoms with Gasteiger partial charge in [-0.2, -0.15) is 0 Å². The number of hydrogen-bond acceptors (Lipinski definition) is 0. The van der Waals surface area contributed by atoms with Crippen molar-refractivity contribution in [3.05, 3.63) is 46.5 Å². The standard InChI is InChI=1S/C30H42Si4/c1-31(2,3)21-17-29(18-22-32(4,5)6)25-27-13-15-28(16-14-27)26-30(19-23-33(7,8)9)20-24-34(10,11)12/h13-16,25-26H,1-12H3. The van der Waals surface area contributed by atoms with Crippen LogP contribution >= 0.6 is 0 Å². The third kappa shape index (κ3) is 15.6. The Hall–Kier alpha value is -2.19. The Morgan fingerprint density at radius 3 is 0.824 bits per heavy atom. The summed E-state index contributed by atoms with van der Waals surface area (Å²) in [5.74, 6) is 13.5. The second-order valence-electron chi connectivity index (χ2n) is 12.8. The van der Waals surface area contributed by atoms with Crippen molar-refractivity contribution in [2.45, 2.75) is 78.6 Å². The van der Waals surface area contributed by atoms with Gasteiger partial charge in [-0.1, -0.05) is 127 Å². The monoisotopic (exact) mass is 514 g/mol. The SMILES string of the molecule is C[Si](C)(C)C#CC(C#C[Si](C)(C)C)=Cc1ccc(C=C(C#C[Si](C)(C)C)C#C[Si](C)(C)C)cc1. The summed E-state index contributed by atoms with van der Waals surface area (Å²) in [6.45, 7) is 27.1. The van der Waals surface area contributed by atoms with Gasteiger partial charge in [0.1, 0.15) is 32.3 Å². The maximum absolute atomic E-state index is 3.47. The summed E-state index contributed by atoms with van der Waals surface area (Å²) in [6.07, 6.45) is 4.23. The summed E-state index contributed by atoms with van der Waals surface area (Å²) in [5, 5.41) is 0. The Kier molecular flexibility index (Phi) is 10.5. The minimum Gasteiger partial charge on any atom is -0.126 e. The second-order valence-corrected chi connectivity index (χ2v) is 31.8. The Morgan fingerprint density at radius 1 is 0.441 bits per heavy atom. The lowest BCUT2D eigenvalue weighted by Crippen LogP contribution is -2.17. The van der Waals surface area contributed by atoms with E-state index in [9.17, 15) is 0 Å². The van der Waals surface area contributed by atoms with E-state index in [1.165, 1.54) is 0 Å². The van der Waals surface area contributed by atoms with Crippen LogP contribution in [0.15, 0.2) is 35.4 Å². The molecule has 0 fully saturated rings. The van der Waals surface area contributed by atoms with E-state index < -0.39 is 32.3 Å². The Bertz CT molecular complexity index is 1000. The first-order chi connectivity index (χ1) is 15.3. The maximum Gasteiger partial charge on any atom is 0.129 e. The molecule has 1 aromatic rings. The number of allylic oxidation sites excluding steroid dienone is 2. The lowest BCUT2D eigenvalue weighted by molar-refractivity contribution is 1.61. The zero-order valence-corrected chi connectivity index (χ0v) is 27.5. The van der Waals surface area contributed by atoms with Crippen LogP contribution in [0.25, 0.3) is 12.2 Å². The largest absolute Gasteiger partial charge is 0.129 e. The summed E-state index contributed by atoms with van der Waals surface area (Å²) in [7, 11) is -5.87. The van der Waals surface area contributed by atoms with Gasteiger partial charge >= 0.3 is 0 Å². The molecule has 0 aliphatic carbocycles. The van der Waals surface area contributed by atoms with Crippen molar-refractivity contribution in [3.8, 4) is 45.9 Å². The first-order valence-corrected chi connectivity index (χ1v) is 26.0. The van der Waals surface area contributed by atoms with Gasteiger partial charge < -0.3 is 0 Å². The molecule has 0 spiro atoms. The van der Waals surface area contributed by atoms with Gasteiger partial charge in [0.15, 0.2) is 0 Å². The molecule has 0 radical (unpaired) electrons. The quantitative estimate of drug-likeness (QED) is 0.277. The van der Waals surface area contributed by atoms with Crippen molar-refractivity contribution in [2.75, 3.05) is 0 Å². The molecular weight excluding hydrogens is 473 g/mol. The van der Waals surface area contributed by atoms with E-state index in [1.54, 1.807) is 0 Å². The molecule has 0 atom stereocenters. The molecule has 1 rings (SSSR count). The predicted octanol–water partition coefficient (Wildman–Crippen LogP) is 7.98. The summed E-state index contributed by atoms with van der Waals surface area (Å²) >= 11 is 0. The first kappa shape index (κ1) is 29.8. The lowest BCUT2D eigenvalue weighted by atomic mass is 10.1. The van der Waals surface area contributed by atoms with Gasteiger partial charge in [0.05, 0.1) is 11.1 Å². The number of benzene rings is 1. The number of hydrogen-bond donors (Lipinski definition) is 0. The normalized spacial score (nSPS) is 11.2. The summed E-state index contributed by atoms with van der Waals surface area (Å²) in [5.41, 5.74) is 17.9. The molecule has 1 aromatic carbocycles. The van der Waals surface area contributed by atoms with Crippen LogP contribution in [0.3, 0.4) is 0 Å². The smallest absolute Gasteiger partial charge is 0.126 e. The van der Waals surface area contributed by atoms with E-state index >= 15 is 0 Å². The average molecular weight is 515 g/mol. The molecule has 0 saturated heterocycles. The van der Waals surface area contributed by atoms with E-state index in [4.69, 9.17) is 0 Å².